The van der Waals surface area contributed by atoms with E-state index in [9.17, 15) is 13.2 Å². The Hall–Kier alpha value is -1.60. The number of nitrogens with two attached hydrogens (primary N) is 1. The van der Waals surface area contributed by atoms with E-state index in [1.165, 1.54) is 6.07 Å². The molecule has 1 unspecified atom stereocenters. The van der Waals surface area contributed by atoms with Gasteiger partial charge in [0.15, 0.2) is 0 Å². The van der Waals surface area contributed by atoms with E-state index in [1.807, 2.05) is 0 Å². The van der Waals surface area contributed by atoms with Crippen LogP contribution in [0, 0.1) is 12.8 Å². The molecule has 1 heterocycles. The molecule has 0 aliphatic carbocycles. The maximum Gasteiger partial charge on any atom is 0.321 e. The number of rotatable bonds is 2. The van der Waals surface area contributed by atoms with Crippen LogP contribution in [0.4, 0.5) is 10.5 Å². The van der Waals surface area contributed by atoms with Crippen LogP contribution in [-0.2, 0) is 10.0 Å². The van der Waals surface area contributed by atoms with Crippen molar-refractivity contribution in [1.82, 2.24) is 4.90 Å². The highest BCUT2D eigenvalue weighted by Gasteiger charge is 2.22. The van der Waals surface area contributed by atoms with E-state index in [1.54, 1.807) is 24.0 Å². The molecule has 0 saturated carbocycles. The standard InChI is InChI=1S/C14H21N3O3S/c1-10-5-4-8-17(9-10)14(18)16-12-6-3-7-13(11(12)2)21(15,19)20/h3,6-7,10H,4-5,8-9H2,1-2H3,(H,16,18)(H2,15,19,20). The second kappa shape index (κ2) is 6.03. The third kappa shape index (κ3) is 3.74. The molecule has 1 aromatic carbocycles. The van der Waals surface area contributed by atoms with Gasteiger partial charge in [-0.3, -0.25) is 0 Å². The lowest BCUT2D eigenvalue weighted by atomic mass is 10.0. The number of anilines is 1. The molecule has 1 aromatic rings. The first kappa shape index (κ1) is 15.8. The highest BCUT2D eigenvalue weighted by molar-refractivity contribution is 7.89. The fraction of sp³-hybridized carbons (Fsp3) is 0.500. The Bertz CT molecular complexity index is 643. The van der Waals surface area contributed by atoms with Crippen LogP contribution < -0.4 is 10.5 Å². The van der Waals surface area contributed by atoms with Crippen LogP contribution in [0.3, 0.4) is 0 Å². The van der Waals surface area contributed by atoms with Crippen molar-refractivity contribution in [3.8, 4) is 0 Å². The van der Waals surface area contributed by atoms with Gasteiger partial charge in [-0.25, -0.2) is 18.4 Å². The summed E-state index contributed by atoms with van der Waals surface area (Å²) in [6.45, 7) is 5.20. The summed E-state index contributed by atoms with van der Waals surface area (Å²) in [5, 5.41) is 7.95. The van der Waals surface area contributed by atoms with Crippen LogP contribution in [0.1, 0.15) is 25.3 Å². The summed E-state index contributed by atoms with van der Waals surface area (Å²) in [5.74, 6) is 0.487. The van der Waals surface area contributed by atoms with E-state index in [-0.39, 0.29) is 10.9 Å². The molecule has 2 rings (SSSR count). The molecule has 21 heavy (non-hydrogen) atoms. The van der Waals surface area contributed by atoms with Crippen molar-refractivity contribution in [1.29, 1.82) is 0 Å². The van der Waals surface area contributed by atoms with Crippen molar-refractivity contribution >= 4 is 21.7 Å². The molecule has 0 spiro atoms. The zero-order valence-electron chi connectivity index (χ0n) is 12.3. The molecule has 7 heteroatoms. The summed E-state index contributed by atoms with van der Waals surface area (Å²) in [6.07, 6.45) is 2.12. The number of carbonyl (C=O) groups is 1. The summed E-state index contributed by atoms with van der Waals surface area (Å²) >= 11 is 0. The molecule has 0 bridgehead atoms. The van der Waals surface area contributed by atoms with Gasteiger partial charge in [0.25, 0.3) is 0 Å². The van der Waals surface area contributed by atoms with Crippen molar-refractivity contribution in [2.75, 3.05) is 18.4 Å². The minimum atomic E-state index is -3.79. The van der Waals surface area contributed by atoms with E-state index < -0.39 is 10.0 Å². The number of likely N-dealkylation sites (tertiary alicyclic amines) is 1. The predicted molar refractivity (Wildman–Crippen MR) is 81.5 cm³/mol. The maximum absolute atomic E-state index is 12.3. The van der Waals surface area contributed by atoms with E-state index >= 15 is 0 Å². The van der Waals surface area contributed by atoms with Gasteiger partial charge in [-0.15, -0.1) is 0 Å². The zero-order valence-corrected chi connectivity index (χ0v) is 13.1. The van der Waals surface area contributed by atoms with Gasteiger partial charge < -0.3 is 10.2 Å². The first-order valence-electron chi connectivity index (χ1n) is 6.97. The Balaban J connectivity index is 2.18. The van der Waals surface area contributed by atoms with Gasteiger partial charge in [0.1, 0.15) is 0 Å². The van der Waals surface area contributed by atoms with Gasteiger partial charge in [-0.2, -0.15) is 0 Å². The average molecular weight is 311 g/mol. The molecule has 1 aliphatic rings. The lowest BCUT2D eigenvalue weighted by Gasteiger charge is -2.31. The van der Waals surface area contributed by atoms with Crippen LogP contribution in [0.25, 0.3) is 0 Å². The summed E-state index contributed by atoms with van der Waals surface area (Å²) in [6, 6.07) is 4.48. The molecule has 116 valence electrons. The van der Waals surface area contributed by atoms with Crippen molar-refractivity contribution < 1.29 is 13.2 Å². The van der Waals surface area contributed by atoms with Crippen LogP contribution >= 0.6 is 0 Å². The monoisotopic (exact) mass is 311 g/mol. The van der Waals surface area contributed by atoms with Gasteiger partial charge >= 0.3 is 6.03 Å². The molecule has 0 aromatic heterocycles. The second-order valence-corrected chi connectivity index (χ2v) is 7.13. The average Bonchev–Trinajstić information content (AvgIpc) is 2.39. The normalized spacial score (nSPS) is 19.4. The molecule has 1 atom stereocenters. The van der Waals surface area contributed by atoms with Gasteiger partial charge in [0.05, 0.1) is 4.90 Å². The first-order valence-corrected chi connectivity index (χ1v) is 8.52. The molecular formula is C14H21N3O3S. The van der Waals surface area contributed by atoms with Crippen molar-refractivity contribution in [2.24, 2.45) is 11.1 Å². The van der Waals surface area contributed by atoms with Crippen LogP contribution in [0.15, 0.2) is 23.1 Å². The number of carbonyl (C=O) groups excluding carboxylic acids is 1. The Morgan fingerprint density at radius 1 is 1.43 bits per heavy atom. The van der Waals surface area contributed by atoms with Crippen molar-refractivity contribution in [2.45, 2.75) is 31.6 Å². The van der Waals surface area contributed by atoms with Crippen LogP contribution in [0.5, 0.6) is 0 Å². The summed E-state index contributed by atoms with van der Waals surface area (Å²) in [4.78, 5) is 14.1. The molecule has 2 amide bonds. The number of primary sulfonamides is 1. The summed E-state index contributed by atoms with van der Waals surface area (Å²) < 4.78 is 23.0. The third-order valence-corrected chi connectivity index (χ3v) is 4.83. The fourth-order valence-corrected chi connectivity index (χ4v) is 3.43. The summed E-state index contributed by atoms with van der Waals surface area (Å²) in [5.41, 5.74) is 0.933. The lowest BCUT2D eigenvalue weighted by molar-refractivity contribution is 0.182. The predicted octanol–water partition coefficient (Wildman–Crippen LogP) is 1.91. The number of nitrogens with one attached hydrogen (secondary N) is 1. The van der Waals surface area contributed by atoms with Crippen molar-refractivity contribution in [3.05, 3.63) is 23.8 Å². The first-order chi connectivity index (χ1) is 9.79. The Morgan fingerprint density at radius 3 is 2.76 bits per heavy atom. The Morgan fingerprint density at radius 2 is 2.14 bits per heavy atom. The largest absolute Gasteiger partial charge is 0.324 e. The summed E-state index contributed by atoms with van der Waals surface area (Å²) in [7, 11) is -3.79. The minimum Gasteiger partial charge on any atom is -0.324 e. The zero-order chi connectivity index (χ0) is 15.6. The number of amides is 2. The van der Waals surface area contributed by atoms with E-state index in [0.29, 0.717) is 17.2 Å². The molecule has 1 fully saturated rings. The van der Waals surface area contributed by atoms with E-state index in [0.717, 1.165) is 25.9 Å². The molecular weight excluding hydrogens is 290 g/mol. The molecule has 6 nitrogen and oxygen atoms in total. The van der Waals surface area contributed by atoms with Crippen molar-refractivity contribution in [3.63, 3.8) is 0 Å². The lowest BCUT2D eigenvalue weighted by Crippen LogP contribution is -2.41. The Kier molecular flexibility index (Phi) is 4.53. The SMILES string of the molecule is Cc1c(NC(=O)N2CCCC(C)C2)cccc1S(N)(=O)=O. The number of urea groups is 1. The number of benzene rings is 1. The van der Waals surface area contributed by atoms with Gasteiger partial charge in [0.2, 0.25) is 10.0 Å². The topological polar surface area (TPSA) is 92.5 Å². The highest BCUT2D eigenvalue weighted by Crippen LogP contribution is 2.23. The van der Waals surface area contributed by atoms with E-state index in [4.69, 9.17) is 5.14 Å². The number of hydrogen-bond donors (Lipinski definition) is 2. The number of sulfonamides is 1. The fourth-order valence-electron chi connectivity index (χ4n) is 2.63. The third-order valence-electron chi connectivity index (χ3n) is 3.78. The van der Waals surface area contributed by atoms with Gasteiger partial charge in [-0.1, -0.05) is 13.0 Å². The highest BCUT2D eigenvalue weighted by atomic mass is 32.2. The molecule has 1 saturated heterocycles. The quantitative estimate of drug-likeness (QED) is 0.873. The van der Waals surface area contributed by atoms with Gasteiger partial charge in [0, 0.05) is 18.8 Å². The number of nitrogens with zero attached hydrogens (tertiary/aromatic N) is 1. The van der Waals surface area contributed by atoms with Crippen LogP contribution in [-0.4, -0.2) is 32.4 Å². The molecule has 3 N–H and O–H groups in total. The number of hydrogen-bond acceptors (Lipinski definition) is 3. The maximum atomic E-state index is 12.3. The van der Waals surface area contributed by atoms with E-state index in [2.05, 4.69) is 12.2 Å². The number of piperidine rings is 1. The molecule has 0 radical (unpaired) electrons. The molecule has 1 aliphatic heterocycles. The van der Waals surface area contributed by atoms with Crippen LogP contribution in [0.2, 0.25) is 0 Å². The Labute approximate surface area is 125 Å². The minimum absolute atomic E-state index is 0.0345. The van der Waals surface area contributed by atoms with Gasteiger partial charge in [-0.05, 0) is 43.4 Å². The smallest absolute Gasteiger partial charge is 0.321 e. The second-order valence-electron chi connectivity index (χ2n) is 5.60.